The molecule has 0 saturated heterocycles. The highest BCUT2D eigenvalue weighted by molar-refractivity contribution is 4.74. The molecular formula is C8H15O-. The quantitative estimate of drug-likeness (QED) is 0.403. The average molecular weight is 127 g/mol. The highest BCUT2D eigenvalue weighted by Crippen LogP contribution is 2.06. The van der Waals surface area contributed by atoms with Crippen molar-refractivity contribution in [1.29, 1.82) is 0 Å². The van der Waals surface area contributed by atoms with Gasteiger partial charge in [0.15, 0.2) is 0 Å². The molecule has 0 amide bonds. The van der Waals surface area contributed by atoms with E-state index in [9.17, 15) is 5.11 Å². The second-order valence-electron chi connectivity index (χ2n) is 2.41. The molecule has 1 unspecified atom stereocenters. The lowest BCUT2D eigenvalue weighted by Gasteiger charge is -2.05. The van der Waals surface area contributed by atoms with Crippen LogP contribution in [0.25, 0.3) is 0 Å². The lowest BCUT2D eigenvalue weighted by atomic mass is 10.1. The highest BCUT2D eigenvalue weighted by Gasteiger charge is 1.92. The molecule has 0 aromatic rings. The second-order valence-corrected chi connectivity index (χ2v) is 2.41. The van der Waals surface area contributed by atoms with Crippen molar-refractivity contribution in [2.45, 2.75) is 26.2 Å². The minimum atomic E-state index is 0.0733. The van der Waals surface area contributed by atoms with Gasteiger partial charge in [-0.05, 0) is 12.3 Å². The molecular weight excluding hydrogens is 112 g/mol. The van der Waals surface area contributed by atoms with Crippen molar-refractivity contribution in [2.24, 2.45) is 5.92 Å². The van der Waals surface area contributed by atoms with E-state index in [1.807, 2.05) is 6.08 Å². The van der Waals surface area contributed by atoms with Gasteiger partial charge < -0.3 is 5.11 Å². The van der Waals surface area contributed by atoms with Gasteiger partial charge in [-0.25, -0.2) is 0 Å². The Morgan fingerprint density at radius 1 is 1.56 bits per heavy atom. The standard InChI is InChI=1S/C8H15O/c1-3-8(2)6-4-5-7-9/h3,8H,1,4-7H2,2H3/q-1. The molecule has 0 bridgehead atoms. The molecule has 1 heteroatoms. The maximum absolute atomic E-state index is 9.97. The van der Waals surface area contributed by atoms with E-state index < -0.39 is 0 Å². The lowest BCUT2D eigenvalue weighted by molar-refractivity contribution is -0.368. The fourth-order valence-corrected chi connectivity index (χ4v) is 0.686. The third-order valence-electron chi connectivity index (χ3n) is 1.46. The SMILES string of the molecule is C=CC(C)CCCC[O-]. The summed E-state index contributed by atoms with van der Waals surface area (Å²) in [5.41, 5.74) is 0. The minimum absolute atomic E-state index is 0.0733. The van der Waals surface area contributed by atoms with E-state index in [-0.39, 0.29) is 6.61 Å². The summed E-state index contributed by atoms with van der Waals surface area (Å²) >= 11 is 0. The van der Waals surface area contributed by atoms with Crippen molar-refractivity contribution in [1.82, 2.24) is 0 Å². The van der Waals surface area contributed by atoms with Crippen molar-refractivity contribution in [3.8, 4) is 0 Å². The molecule has 54 valence electrons. The third-order valence-corrected chi connectivity index (χ3v) is 1.46. The maximum Gasteiger partial charge on any atom is -0.0265 e. The number of allylic oxidation sites excluding steroid dienone is 1. The van der Waals surface area contributed by atoms with E-state index in [1.165, 1.54) is 0 Å². The summed E-state index contributed by atoms with van der Waals surface area (Å²) < 4.78 is 0. The van der Waals surface area contributed by atoms with Crippen molar-refractivity contribution < 1.29 is 5.11 Å². The van der Waals surface area contributed by atoms with Gasteiger partial charge in [-0.15, -0.1) is 13.2 Å². The molecule has 0 aromatic heterocycles. The summed E-state index contributed by atoms with van der Waals surface area (Å²) in [7, 11) is 0. The first-order valence-electron chi connectivity index (χ1n) is 3.52. The maximum atomic E-state index is 9.97. The van der Waals surface area contributed by atoms with Crippen LogP contribution in [-0.2, 0) is 0 Å². The zero-order valence-electron chi connectivity index (χ0n) is 6.10. The van der Waals surface area contributed by atoms with E-state index in [0.29, 0.717) is 5.92 Å². The van der Waals surface area contributed by atoms with Crippen molar-refractivity contribution >= 4 is 0 Å². The van der Waals surface area contributed by atoms with E-state index in [2.05, 4.69) is 13.5 Å². The Kier molecular flexibility index (Phi) is 5.64. The third kappa shape index (κ3) is 5.57. The molecule has 0 aliphatic rings. The van der Waals surface area contributed by atoms with Crippen LogP contribution in [0.4, 0.5) is 0 Å². The van der Waals surface area contributed by atoms with Gasteiger partial charge in [0.05, 0.1) is 0 Å². The van der Waals surface area contributed by atoms with Crippen molar-refractivity contribution in [3.63, 3.8) is 0 Å². The summed E-state index contributed by atoms with van der Waals surface area (Å²) in [6.45, 7) is 5.86. The molecule has 0 N–H and O–H groups in total. The van der Waals surface area contributed by atoms with Crippen LogP contribution in [0.3, 0.4) is 0 Å². The molecule has 0 fully saturated rings. The van der Waals surface area contributed by atoms with Gasteiger partial charge >= 0.3 is 0 Å². The minimum Gasteiger partial charge on any atom is -0.854 e. The Labute approximate surface area is 57.4 Å². The van der Waals surface area contributed by atoms with Crippen LogP contribution in [0.5, 0.6) is 0 Å². The summed E-state index contributed by atoms with van der Waals surface area (Å²) in [6, 6.07) is 0. The predicted octanol–water partition coefficient (Wildman–Crippen LogP) is 1.34. The predicted molar refractivity (Wildman–Crippen MR) is 38.1 cm³/mol. The summed E-state index contributed by atoms with van der Waals surface area (Å²) in [5, 5.41) is 9.97. The number of rotatable bonds is 5. The molecule has 0 saturated carbocycles. The van der Waals surface area contributed by atoms with Gasteiger partial charge in [0.25, 0.3) is 0 Å². The number of hydrogen-bond acceptors (Lipinski definition) is 1. The lowest BCUT2D eigenvalue weighted by Crippen LogP contribution is -2.05. The van der Waals surface area contributed by atoms with Crippen molar-refractivity contribution in [3.05, 3.63) is 12.7 Å². The normalized spacial score (nSPS) is 13.1. The Bertz CT molecular complexity index is 69.0. The smallest absolute Gasteiger partial charge is 0.0265 e. The fourth-order valence-electron chi connectivity index (χ4n) is 0.686. The van der Waals surface area contributed by atoms with Crippen LogP contribution >= 0.6 is 0 Å². The zero-order chi connectivity index (χ0) is 7.11. The number of unbranched alkanes of at least 4 members (excludes halogenated alkanes) is 1. The van der Waals surface area contributed by atoms with E-state index in [1.54, 1.807) is 0 Å². The van der Waals surface area contributed by atoms with Crippen LogP contribution < -0.4 is 5.11 Å². The molecule has 1 nitrogen and oxygen atoms in total. The van der Waals surface area contributed by atoms with Crippen LogP contribution in [0, 0.1) is 5.92 Å². The van der Waals surface area contributed by atoms with Gasteiger partial charge in [-0.2, -0.15) is 0 Å². The molecule has 9 heavy (non-hydrogen) atoms. The monoisotopic (exact) mass is 127 g/mol. The van der Waals surface area contributed by atoms with Crippen LogP contribution in [-0.4, -0.2) is 6.61 Å². The zero-order valence-corrected chi connectivity index (χ0v) is 6.10. The van der Waals surface area contributed by atoms with Crippen molar-refractivity contribution in [2.75, 3.05) is 6.61 Å². The molecule has 0 radical (unpaired) electrons. The number of hydrogen-bond donors (Lipinski definition) is 0. The molecule has 0 spiro atoms. The topological polar surface area (TPSA) is 23.1 Å². The average Bonchev–Trinajstić information content (AvgIpc) is 1.89. The van der Waals surface area contributed by atoms with E-state index in [4.69, 9.17) is 0 Å². The van der Waals surface area contributed by atoms with Gasteiger partial charge in [-0.1, -0.05) is 25.8 Å². The Hall–Kier alpha value is -0.300. The molecule has 0 aliphatic heterocycles. The first-order valence-corrected chi connectivity index (χ1v) is 3.52. The molecule has 0 aliphatic carbocycles. The van der Waals surface area contributed by atoms with Crippen LogP contribution in [0.15, 0.2) is 12.7 Å². The van der Waals surface area contributed by atoms with Gasteiger partial charge in [-0.3, -0.25) is 0 Å². The van der Waals surface area contributed by atoms with Gasteiger partial charge in [0.1, 0.15) is 0 Å². The largest absolute Gasteiger partial charge is 0.854 e. The van der Waals surface area contributed by atoms with Gasteiger partial charge in [0.2, 0.25) is 0 Å². The van der Waals surface area contributed by atoms with Crippen LogP contribution in [0.2, 0.25) is 0 Å². The summed E-state index contributed by atoms with van der Waals surface area (Å²) in [5.74, 6) is 0.580. The Morgan fingerprint density at radius 2 is 2.22 bits per heavy atom. The second kappa shape index (κ2) is 5.83. The molecule has 0 heterocycles. The van der Waals surface area contributed by atoms with E-state index >= 15 is 0 Å². The molecule has 0 rings (SSSR count). The molecule has 1 atom stereocenters. The Morgan fingerprint density at radius 3 is 2.67 bits per heavy atom. The first kappa shape index (κ1) is 8.70. The fraction of sp³-hybridized carbons (Fsp3) is 0.750. The summed E-state index contributed by atoms with van der Waals surface area (Å²) in [6.07, 6.45) is 4.92. The molecule has 0 aromatic carbocycles. The highest BCUT2D eigenvalue weighted by atomic mass is 16.2. The Balaban J connectivity index is 2.96. The summed E-state index contributed by atoms with van der Waals surface area (Å²) in [4.78, 5) is 0. The van der Waals surface area contributed by atoms with E-state index in [0.717, 1.165) is 19.3 Å². The van der Waals surface area contributed by atoms with Crippen LogP contribution in [0.1, 0.15) is 26.2 Å². The van der Waals surface area contributed by atoms with Gasteiger partial charge in [0, 0.05) is 0 Å². The first-order chi connectivity index (χ1) is 4.31.